The van der Waals surface area contributed by atoms with Crippen LogP contribution < -0.4 is 5.32 Å². The van der Waals surface area contributed by atoms with E-state index < -0.39 is 54.6 Å². The van der Waals surface area contributed by atoms with Crippen LogP contribution in [0.3, 0.4) is 0 Å². The highest BCUT2D eigenvalue weighted by Gasteiger charge is 2.58. The first-order chi connectivity index (χ1) is 18.7. The molecule has 1 aliphatic carbocycles. The first-order valence-electron chi connectivity index (χ1n) is 13.2. The molecule has 4 rings (SSSR count). The van der Waals surface area contributed by atoms with Gasteiger partial charge in [-0.05, 0) is 60.6 Å². The lowest BCUT2D eigenvalue weighted by Gasteiger charge is -2.31. The Bertz CT molecular complexity index is 1300. The van der Waals surface area contributed by atoms with Crippen LogP contribution in [0.5, 0.6) is 0 Å². The minimum atomic E-state index is -4.77. The van der Waals surface area contributed by atoms with Gasteiger partial charge in [0.05, 0.1) is 0 Å². The average Bonchev–Trinajstić information content (AvgIpc) is 3.38. The van der Waals surface area contributed by atoms with E-state index in [9.17, 15) is 31.9 Å². The molecule has 1 saturated heterocycles. The van der Waals surface area contributed by atoms with Gasteiger partial charge in [-0.2, -0.15) is 13.2 Å². The van der Waals surface area contributed by atoms with Crippen LogP contribution in [-0.2, 0) is 32.9 Å². The lowest BCUT2D eigenvalue weighted by atomic mass is 9.90. The molecule has 2 atom stereocenters. The summed E-state index contributed by atoms with van der Waals surface area (Å²) in [5.41, 5.74) is 0.905. The van der Waals surface area contributed by atoms with E-state index in [-0.39, 0.29) is 17.4 Å². The molecular formula is C29H33F4N3O4. The SMILES string of the molecule is CCC(C)(C)CNc1ccc2c(c1)CC[C@@]21OC(=O)N(CC(=O)N(Cc2ccc(F)cc2)C(C)C(F)(F)F)C1=O. The fraction of sp³-hybridized carbons (Fsp3) is 0.483. The van der Waals surface area contributed by atoms with Crippen LogP contribution in [0.4, 0.5) is 28.0 Å². The maximum absolute atomic E-state index is 13.6. The monoisotopic (exact) mass is 563 g/mol. The molecule has 2 aromatic carbocycles. The molecule has 0 radical (unpaired) electrons. The van der Waals surface area contributed by atoms with Crippen LogP contribution in [0, 0.1) is 11.2 Å². The lowest BCUT2D eigenvalue weighted by molar-refractivity contribution is -0.187. The van der Waals surface area contributed by atoms with Crippen molar-refractivity contribution in [2.75, 3.05) is 18.4 Å². The second kappa shape index (κ2) is 10.7. The fourth-order valence-corrected chi connectivity index (χ4v) is 4.86. The Labute approximate surface area is 230 Å². The second-order valence-electron chi connectivity index (χ2n) is 11.2. The zero-order chi connectivity index (χ0) is 29.5. The van der Waals surface area contributed by atoms with Gasteiger partial charge in [-0.3, -0.25) is 9.59 Å². The number of hydrogen-bond acceptors (Lipinski definition) is 5. The molecule has 3 amide bonds. The van der Waals surface area contributed by atoms with Crippen molar-refractivity contribution in [1.29, 1.82) is 0 Å². The Morgan fingerprint density at radius 1 is 1.15 bits per heavy atom. The number of benzene rings is 2. The summed E-state index contributed by atoms with van der Waals surface area (Å²) in [5.74, 6) is -2.45. The van der Waals surface area contributed by atoms with Crippen molar-refractivity contribution in [3.63, 3.8) is 0 Å². The molecule has 216 valence electrons. The van der Waals surface area contributed by atoms with E-state index in [2.05, 4.69) is 26.1 Å². The number of halogens is 4. The minimum absolute atomic E-state index is 0.0818. The summed E-state index contributed by atoms with van der Waals surface area (Å²) in [4.78, 5) is 40.6. The van der Waals surface area contributed by atoms with Crippen LogP contribution in [0.1, 0.15) is 57.2 Å². The normalized spacial score (nSPS) is 19.6. The number of fused-ring (bicyclic) bond motifs is 2. The van der Waals surface area contributed by atoms with E-state index >= 15 is 0 Å². The van der Waals surface area contributed by atoms with Crippen molar-refractivity contribution in [3.8, 4) is 0 Å². The minimum Gasteiger partial charge on any atom is -0.427 e. The van der Waals surface area contributed by atoms with E-state index in [0.717, 1.165) is 43.3 Å². The van der Waals surface area contributed by atoms with Crippen LogP contribution in [0.25, 0.3) is 0 Å². The number of nitrogens with zero attached hydrogens (tertiary/aromatic N) is 2. The van der Waals surface area contributed by atoms with Crippen molar-refractivity contribution in [2.45, 2.75) is 71.3 Å². The summed E-state index contributed by atoms with van der Waals surface area (Å²) in [5, 5.41) is 3.39. The topological polar surface area (TPSA) is 79.0 Å². The molecule has 0 saturated carbocycles. The van der Waals surface area contributed by atoms with Crippen LogP contribution in [0.2, 0.25) is 0 Å². The Kier molecular flexibility index (Phi) is 7.88. The summed E-state index contributed by atoms with van der Waals surface area (Å²) >= 11 is 0. The summed E-state index contributed by atoms with van der Waals surface area (Å²) in [6, 6.07) is 7.88. The highest BCUT2D eigenvalue weighted by Crippen LogP contribution is 2.46. The first-order valence-corrected chi connectivity index (χ1v) is 13.2. The number of imide groups is 1. The number of ether oxygens (including phenoxy) is 1. The van der Waals surface area contributed by atoms with Gasteiger partial charge in [0.15, 0.2) is 0 Å². The highest BCUT2D eigenvalue weighted by atomic mass is 19.4. The standard InChI is InChI=1S/C29H33F4N3O4/c1-5-27(3,4)17-34-22-10-11-23-20(14-22)12-13-28(23)25(38)36(26(39)40-28)16-24(37)35(18(2)29(31,32)33)15-19-6-8-21(30)9-7-19/h6-11,14,18,34H,5,12-13,15-17H2,1-4H3/t18?,28-/m1/s1. The van der Waals surface area contributed by atoms with E-state index in [0.29, 0.717) is 21.8 Å². The van der Waals surface area contributed by atoms with Gasteiger partial charge in [-0.15, -0.1) is 0 Å². The van der Waals surface area contributed by atoms with E-state index in [1.165, 1.54) is 12.1 Å². The van der Waals surface area contributed by atoms with Gasteiger partial charge < -0.3 is 15.0 Å². The number of amides is 3. The van der Waals surface area contributed by atoms with Crippen molar-refractivity contribution >= 4 is 23.6 Å². The summed E-state index contributed by atoms with van der Waals surface area (Å²) in [6.45, 7) is 6.54. The number of nitrogens with one attached hydrogen (secondary N) is 1. The maximum atomic E-state index is 13.6. The van der Waals surface area contributed by atoms with Gasteiger partial charge in [0.25, 0.3) is 5.91 Å². The van der Waals surface area contributed by atoms with Gasteiger partial charge in [0.2, 0.25) is 11.5 Å². The van der Waals surface area contributed by atoms with Gasteiger partial charge in [0, 0.05) is 30.8 Å². The predicted molar refractivity (Wildman–Crippen MR) is 140 cm³/mol. The number of carbonyl (C=O) groups excluding carboxylic acids is 3. The van der Waals surface area contributed by atoms with Crippen LogP contribution >= 0.6 is 0 Å². The third-order valence-electron chi connectivity index (χ3n) is 7.91. The number of rotatable bonds is 9. The zero-order valence-electron chi connectivity index (χ0n) is 22.9. The molecule has 2 aromatic rings. The Hall–Kier alpha value is -3.63. The fourth-order valence-electron chi connectivity index (χ4n) is 4.86. The van der Waals surface area contributed by atoms with Crippen molar-refractivity contribution in [1.82, 2.24) is 9.80 Å². The number of carbonyl (C=O) groups is 3. The van der Waals surface area contributed by atoms with E-state index in [1.807, 2.05) is 6.07 Å². The lowest BCUT2D eigenvalue weighted by Crippen LogP contribution is -2.51. The molecule has 1 aliphatic heterocycles. The molecule has 0 aromatic heterocycles. The highest BCUT2D eigenvalue weighted by molar-refractivity contribution is 6.06. The third kappa shape index (κ3) is 5.78. The molecule has 1 N–H and O–H groups in total. The first kappa shape index (κ1) is 29.4. The van der Waals surface area contributed by atoms with Gasteiger partial charge in [-0.25, -0.2) is 14.1 Å². The molecule has 0 bridgehead atoms. The molecule has 2 aliphatic rings. The van der Waals surface area contributed by atoms with Crippen molar-refractivity contribution < 1.29 is 36.7 Å². The molecule has 1 spiro atoms. The van der Waals surface area contributed by atoms with E-state index in [4.69, 9.17) is 4.74 Å². The summed E-state index contributed by atoms with van der Waals surface area (Å²) < 4.78 is 59.8. The summed E-state index contributed by atoms with van der Waals surface area (Å²) in [7, 11) is 0. The number of anilines is 1. The molecule has 1 unspecified atom stereocenters. The molecule has 40 heavy (non-hydrogen) atoms. The molecule has 11 heteroatoms. The Balaban J connectivity index is 1.53. The molecule has 7 nitrogen and oxygen atoms in total. The van der Waals surface area contributed by atoms with Crippen molar-refractivity contribution in [2.24, 2.45) is 5.41 Å². The van der Waals surface area contributed by atoms with Crippen molar-refractivity contribution in [3.05, 3.63) is 65.0 Å². The Morgan fingerprint density at radius 2 is 1.82 bits per heavy atom. The van der Waals surface area contributed by atoms with Crippen LogP contribution in [-0.4, -0.2) is 53.0 Å². The zero-order valence-corrected chi connectivity index (χ0v) is 22.9. The third-order valence-corrected chi connectivity index (χ3v) is 7.91. The number of hydrogen-bond donors (Lipinski definition) is 1. The maximum Gasteiger partial charge on any atom is 0.418 e. The van der Waals surface area contributed by atoms with Crippen LogP contribution in [0.15, 0.2) is 42.5 Å². The molecule has 1 fully saturated rings. The second-order valence-corrected chi connectivity index (χ2v) is 11.2. The largest absolute Gasteiger partial charge is 0.427 e. The van der Waals surface area contributed by atoms with Gasteiger partial charge in [-0.1, -0.05) is 39.0 Å². The van der Waals surface area contributed by atoms with E-state index in [1.54, 1.807) is 12.1 Å². The van der Waals surface area contributed by atoms with Gasteiger partial charge in [0.1, 0.15) is 18.4 Å². The predicted octanol–water partition coefficient (Wildman–Crippen LogP) is 5.77. The molecular weight excluding hydrogens is 530 g/mol. The van der Waals surface area contributed by atoms with Gasteiger partial charge >= 0.3 is 12.3 Å². The Morgan fingerprint density at radius 3 is 2.45 bits per heavy atom. The quantitative estimate of drug-likeness (QED) is 0.392. The average molecular weight is 564 g/mol. The number of aryl methyl sites for hydroxylation is 1. The molecule has 1 heterocycles. The summed E-state index contributed by atoms with van der Waals surface area (Å²) in [6.07, 6.45) is -4.25. The number of alkyl halides is 3. The smallest absolute Gasteiger partial charge is 0.418 e.